The minimum Gasteiger partial charge on any atom is -0.369 e. The lowest BCUT2D eigenvalue weighted by molar-refractivity contribution is -0.117. The maximum atomic E-state index is 12.3. The number of piperazine rings is 1. The Bertz CT molecular complexity index is 784. The van der Waals surface area contributed by atoms with E-state index in [9.17, 15) is 9.59 Å². The second-order valence-electron chi connectivity index (χ2n) is 6.39. The van der Waals surface area contributed by atoms with Gasteiger partial charge in [0.2, 0.25) is 5.91 Å². The van der Waals surface area contributed by atoms with Crippen LogP contribution in [-0.4, -0.2) is 49.3 Å². The van der Waals surface area contributed by atoms with Crippen molar-refractivity contribution in [2.45, 2.75) is 6.92 Å². The first-order valence-electron chi connectivity index (χ1n) is 8.65. The first-order valence-corrected chi connectivity index (χ1v) is 9.73. The van der Waals surface area contributed by atoms with Gasteiger partial charge in [0, 0.05) is 41.0 Å². The van der Waals surface area contributed by atoms with Crippen LogP contribution in [0.5, 0.6) is 0 Å². The highest BCUT2D eigenvalue weighted by Gasteiger charge is 2.19. The van der Waals surface area contributed by atoms with E-state index < -0.39 is 0 Å². The van der Waals surface area contributed by atoms with Gasteiger partial charge in [-0.1, -0.05) is 12.1 Å². The molecule has 2 aromatic rings. The summed E-state index contributed by atoms with van der Waals surface area (Å²) >= 11 is 2.22. The molecular weight excluding hydrogens is 441 g/mol. The van der Waals surface area contributed by atoms with Crippen LogP contribution in [0.3, 0.4) is 0 Å². The van der Waals surface area contributed by atoms with E-state index in [1.165, 1.54) is 0 Å². The van der Waals surface area contributed by atoms with Crippen LogP contribution in [0, 0.1) is 3.57 Å². The van der Waals surface area contributed by atoms with Crippen LogP contribution in [0.15, 0.2) is 48.5 Å². The van der Waals surface area contributed by atoms with Gasteiger partial charge in [-0.3, -0.25) is 14.5 Å². The number of nitrogens with zero attached hydrogens (tertiary/aromatic N) is 2. The summed E-state index contributed by atoms with van der Waals surface area (Å²) in [6.07, 6.45) is 0. The van der Waals surface area contributed by atoms with Crippen LogP contribution < -0.4 is 10.2 Å². The molecule has 1 N–H and O–H groups in total. The Labute approximate surface area is 167 Å². The van der Waals surface area contributed by atoms with Gasteiger partial charge in [0.15, 0.2) is 5.78 Å². The third kappa shape index (κ3) is 4.82. The molecular formula is C20H22IN3O2. The standard InChI is InChI=1S/C20H22IN3O2/c1-15(25)16-6-8-17(9-7-16)24-12-10-23(11-13-24)14-20(26)22-19-5-3-2-4-18(19)21/h2-9H,10-14H2,1H3,(H,22,26). The van der Waals surface area contributed by atoms with E-state index in [4.69, 9.17) is 0 Å². The van der Waals surface area contributed by atoms with Crippen LogP contribution in [-0.2, 0) is 4.79 Å². The summed E-state index contributed by atoms with van der Waals surface area (Å²) in [5.74, 6) is 0.105. The van der Waals surface area contributed by atoms with Crippen molar-refractivity contribution in [2.75, 3.05) is 42.9 Å². The molecule has 1 fully saturated rings. The number of hydrogen-bond donors (Lipinski definition) is 1. The number of amides is 1. The lowest BCUT2D eigenvalue weighted by Crippen LogP contribution is -2.48. The van der Waals surface area contributed by atoms with Crippen LogP contribution in [0.2, 0.25) is 0 Å². The van der Waals surface area contributed by atoms with Crippen molar-refractivity contribution in [3.63, 3.8) is 0 Å². The molecule has 0 unspecified atom stereocenters. The largest absolute Gasteiger partial charge is 0.369 e. The van der Waals surface area contributed by atoms with E-state index in [0.717, 1.165) is 46.7 Å². The van der Waals surface area contributed by atoms with Crippen molar-refractivity contribution in [1.29, 1.82) is 0 Å². The normalized spacial score (nSPS) is 14.9. The molecule has 1 aliphatic rings. The van der Waals surface area contributed by atoms with E-state index >= 15 is 0 Å². The van der Waals surface area contributed by atoms with Crippen molar-refractivity contribution in [3.05, 3.63) is 57.7 Å². The zero-order valence-electron chi connectivity index (χ0n) is 14.7. The molecule has 0 atom stereocenters. The van der Waals surface area contributed by atoms with Gasteiger partial charge in [0.1, 0.15) is 0 Å². The SMILES string of the molecule is CC(=O)c1ccc(N2CCN(CC(=O)Nc3ccccc3I)CC2)cc1. The Morgan fingerprint density at radius 3 is 2.27 bits per heavy atom. The second kappa shape index (κ2) is 8.64. The summed E-state index contributed by atoms with van der Waals surface area (Å²) in [5.41, 5.74) is 2.72. The third-order valence-corrected chi connectivity index (χ3v) is 5.47. The van der Waals surface area contributed by atoms with Crippen molar-refractivity contribution >= 4 is 45.7 Å². The van der Waals surface area contributed by atoms with E-state index in [-0.39, 0.29) is 11.7 Å². The average molecular weight is 463 g/mol. The van der Waals surface area contributed by atoms with Crippen LogP contribution >= 0.6 is 22.6 Å². The zero-order chi connectivity index (χ0) is 18.5. The number of para-hydroxylation sites is 1. The van der Waals surface area contributed by atoms with Gasteiger partial charge < -0.3 is 10.2 Å². The number of carbonyl (C=O) groups is 2. The van der Waals surface area contributed by atoms with E-state index in [0.29, 0.717) is 6.54 Å². The molecule has 0 radical (unpaired) electrons. The fraction of sp³-hybridized carbons (Fsp3) is 0.300. The summed E-state index contributed by atoms with van der Waals surface area (Å²) in [6, 6.07) is 15.5. The smallest absolute Gasteiger partial charge is 0.238 e. The quantitative estimate of drug-likeness (QED) is 0.547. The molecule has 1 amide bonds. The lowest BCUT2D eigenvalue weighted by atomic mass is 10.1. The number of ketones is 1. The number of Topliss-reactive ketones (excluding diaryl/α,β-unsaturated/α-hetero) is 1. The minimum atomic E-state index is 0.0216. The summed E-state index contributed by atoms with van der Waals surface area (Å²) in [6.45, 7) is 5.41. The minimum absolute atomic E-state index is 0.0216. The number of rotatable bonds is 5. The molecule has 0 aromatic heterocycles. The first kappa shape index (κ1) is 18.8. The molecule has 26 heavy (non-hydrogen) atoms. The highest BCUT2D eigenvalue weighted by molar-refractivity contribution is 14.1. The van der Waals surface area contributed by atoms with Crippen molar-refractivity contribution < 1.29 is 9.59 Å². The number of halogens is 1. The molecule has 0 bridgehead atoms. The fourth-order valence-electron chi connectivity index (χ4n) is 3.03. The molecule has 1 aliphatic heterocycles. The topological polar surface area (TPSA) is 52.7 Å². The highest BCUT2D eigenvalue weighted by atomic mass is 127. The van der Waals surface area contributed by atoms with E-state index in [1.807, 2.05) is 48.5 Å². The van der Waals surface area contributed by atoms with Gasteiger partial charge in [-0.2, -0.15) is 0 Å². The fourth-order valence-corrected chi connectivity index (χ4v) is 3.55. The Morgan fingerprint density at radius 2 is 1.65 bits per heavy atom. The number of benzene rings is 2. The van der Waals surface area contributed by atoms with Crippen molar-refractivity contribution in [1.82, 2.24) is 4.90 Å². The van der Waals surface area contributed by atoms with Crippen molar-refractivity contribution in [3.8, 4) is 0 Å². The average Bonchev–Trinajstić information content (AvgIpc) is 2.64. The Kier molecular flexibility index (Phi) is 6.26. The maximum Gasteiger partial charge on any atom is 0.238 e. The molecule has 3 rings (SSSR count). The van der Waals surface area contributed by atoms with Crippen LogP contribution in [0.4, 0.5) is 11.4 Å². The maximum absolute atomic E-state index is 12.3. The molecule has 6 heteroatoms. The van der Waals surface area contributed by atoms with Gasteiger partial charge in [-0.25, -0.2) is 0 Å². The first-order chi connectivity index (χ1) is 12.5. The van der Waals surface area contributed by atoms with Gasteiger partial charge in [0.25, 0.3) is 0 Å². The summed E-state index contributed by atoms with van der Waals surface area (Å²) in [7, 11) is 0. The van der Waals surface area contributed by atoms with Gasteiger partial charge in [-0.15, -0.1) is 0 Å². The molecule has 0 spiro atoms. The monoisotopic (exact) mass is 463 g/mol. The molecule has 2 aromatic carbocycles. The van der Waals surface area contributed by atoms with E-state index in [1.54, 1.807) is 6.92 Å². The predicted octanol–water partition coefficient (Wildman–Crippen LogP) is 3.25. The molecule has 0 aliphatic carbocycles. The van der Waals surface area contributed by atoms with Crippen molar-refractivity contribution in [2.24, 2.45) is 0 Å². The number of hydrogen-bond acceptors (Lipinski definition) is 4. The number of nitrogens with one attached hydrogen (secondary N) is 1. The predicted molar refractivity (Wildman–Crippen MR) is 113 cm³/mol. The summed E-state index contributed by atoms with van der Waals surface area (Å²) in [4.78, 5) is 28.1. The van der Waals surface area contributed by atoms with Crippen LogP contribution in [0.1, 0.15) is 17.3 Å². The molecule has 1 saturated heterocycles. The number of anilines is 2. The lowest BCUT2D eigenvalue weighted by Gasteiger charge is -2.35. The summed E-state index contributed by atoms with van der Waals surface area (Å²) in [5, 5.41) is 2.98. The zero-order valence-corrected chi connectivity index (χ0v) is 16.9. The van der Waals surface area contributed by atoms with Crippen LogP contribution in [0.25, 0.3) is 0 Å². The molecule has 1 heterocycles. The Hall–Kier alpha value is -1.93. The van der Waals surface area contributed by atoms with E-state index in [2.05, 4.69) is 37.7 Å². The molecule has 136 valence electrons. The van der Waals surface area contributed by atoms with Gasteiger partial charge >= 0.3 is 0 Å². The molecule has 5 nitrogen and oxygen atoms in total. The van der Waals surface area contributed by atoms with Gasteiger partial charge in [-0.05, 0) is 65.9 Å². The highest BCUT2D eigenvalue weighted by Crippen LogP contribution is 2.19. The Balaban J connectivity index is 1.49. The van der Waals surface area contributed by atoms with Gasteiger partial charge in [0.05, 0.1) is 12.2 Å². The number of carbonyl (C=O) groups excluding carboxylic acids is 2. The summed E-state index contributed by atoms with van der Waals surface area (Å²) < 4.78 is 1.04. The molecule has 0 saturated carbocycles. The third-order valence-electron chi connectivity index (χ3n) is 4.53. The second-order valence-corrected chi connectivity index (χ2v) is 7.56. The Morgan fingerprint density at radius 1 is 1.00 bits per heavy atom.